The Labute approximate surface area is 152 Å². The maximum Gasteiger partial charge on any atom is 0.255 e. The molecule has 0 unspecified atom stereocenters. The van der Waals surface area contributed by atoms with Crippen LogP contribution in [0.1, 0.15) is 27.9 Å². The number of benzene rings is 2. The van der Waals surface area contributed by atoms with Crippen LogP contribution in [0.4, 0.5) is 0 Å². The first-order chi connectivity index (χ1) is 12.6. The molecule has 2 aliphatic rings. The number of amides is 2. The molecule has 0 aliphatic carbocycles. The van der Waals surface area contributed by atoms with Gasteiger partial charge in [-0.25, -0.2) is 0 Å². The van der Waals surface area contributed by atoms with E-state index in [4.69, 9.17) is 0 Å². The third-order valence-corrected chi connectivity index (χ3v) is 5.32. The number of hydrogen-bond donors (Lipinski definition) is 1. The zero-order valence-electron chi connectivity index (χ0n) is 14.3. The van der Waals surface area contributed by atoms with Gasteiger partial charge in [0.1, 0.15) is 5.54 Å². The second kappa shape index (κ2) is 6.11. The van der Waals surface area contributed by atoms with E-state index in [1.807, 2.05) is 42.5 Å². The van der Waals surface area contributed by atoms with Gasteiger partial charge in [-0.15, -0.1) is 6.58 Å². The molecular formula is C21H20N2O3. The molecule has 1 fully saturated rings. The zero-order chi connectivity index (χ0) is 18.3. The molecule has 1 N–H and O–H groups in total. The number of carbonyl (C=O) groups excluding carboxylic acids is 2. The van der Waals surface area contributed by atoms with Crippen molar-refractivity contribution in [3.8, 4) is 0 Å². The van der Waals surface area contributed by atoms with Crippen LogP contribution in [0.2, 0.25) is 0 Å². The van der Waals surface area contributed by atoms with Crippen molar-refractivity contribution in [2.45, 2.75) is 24.7 Å². The van der Waals surface area contributed by atoms with E-state index < -0.39 is 11.8 Å². The molecule has 5 heteroatoms. The number of likely N-dealkylation sites (tertiary alicyclic amines) is 1. The highest BCUT2D eigenvalue weighted by molar-refractivity contribution is 6.02. The number of fused-ring (bicyclic) bond motifs is 2. The van der Waals surface area contributed by atoms with Crippen LogP contribution >= 0.6 is 0 Å². The quantitative estimate of drug-likeness (QED) is 0.863. The Balaban J connectivity index is 1.78. The predicted molar refractivity (Wildman–Crippen MR) is 97.0 cm³/mol. The van der Waals surface area contributed by atoms with Crippen molar-refractivity contribution < 1.29 is 14.7 Å². The Morgan fingerprint density at radius 2 is 1.81 bits per heavy atom. The van der Waals surface area contributed by atoms with E-state index in [2.05, 4.69) is 6.58 Å². The molecule has 2 atom stereocenters. The summed E-state index contributed by atoms with van der Waals surface area (Å²) in [5.74, 6) is -0.339. The fourth-order valence-electron chi connectivity index (χ4n) is 4.14. The van der Waals surface area contributed by atoms with Crippen LogP contribution < -0.4 is 0 Å². The maximum atomic E-state index is 12.9. The molecule has 2 amide bonds. The highest BCUT2D eigenvalue weighted by Crippen LogP contribution is 2.49. The minimum absolute atomic E-state index is 0.0671. The second-order valence-corrected chi connectivity index (χ2v) is 6.73. The lowest BCUT2D eigenvalue weighted by Gasteiger charge is -2.38. The van der Waals surface area contributed by atoms with E-state index in [1.165, 1.54) is 4.90 Å². The summed E-state index contributed by atoms with van der Waals surface area (Å²) >= 11 is 0. The van der Waals surface area contributed by atoms with Gasteiger partial charge in [0, 0.05) is 18.7 Å². The van der Waals surface area contributed by atoms with Gasteiger partial charge in [-0.1, -0.05) is 54.6 Å². The normalized spacial score (nSPS) is 24.4. The van der Waals surface area contributed by atoms with Crippen molar-refractivity contribution in [2.75, 3.05) is 6.54 Å². The Bertz CT molecular complexity index is 880. The van der Waals surface area contributed by atoms with E-state index in [0.717, 1.165) is 5.56 Å². The predicted octanol–water partition coefficient (Wildman–Crippen LogP) is 2.27. The van der Waals surface area contributed by atoms with Crippen LogP contribution in [0, 0.1) is 0 Å². The lowest BCUT2D eigenvalue weighted by atomic mass is 9.87. The Hall–Kier alpha value is -2.92. The van der Waals surface area contributed by atoms with Gasteiger partial charge in [0.05, 0.1) is 6.42 Å². The lowest BCUT2D eigenvalue weighted by Crippen LogP contribution is -2.52. The molecule has 0 saturated carbocycles. The van der Waals surface area contributed by atoms with Crippen molar-refractivity contribution in [1.82, 2.24) is 9.80 Å². The van der Waals surface area contributed by atoms with Crippen molar-refractivity contribution in [1.29, 1.82) is 0 Å². The molecule has 132 valence electrons. The molecule has 0 radical (unpaired) electrons. The SMILES string of the molecule is C=CCN1C(=O)c2ccccc2[C@@]12CC(=O)N(Cc1ccccc1)[C@@H]2O. The molecule has 2 heterocycles. The van der Waals surface area contributed by atoms with E-state index in [9.17, 15) is 14.7 Å². The van der Waals surface area contributed by atoms with Crippen LogP contribution in [-0.2, 0) is 16.9 Å². The molecule has 0 aromatic heterocycles. The van der Waals surface area contributed by atoms with E-state index in [0.29, 0.717) is 17.7 Å². The molecule has 26 heavy (non-hydrogen) atoms. The minimum atomic E-state index is -1.11. The average molecular weight is 348 g/mol. The number of aliphatic hydroxyl groups is 1. The summed E-state index contributed by atoms with van der Waals surface area (Å²) in [6.45, 7) is 4.31. The first-order valence-electron chi connectivity index (χ1n) is 8.63. The fourth-order valence-corrected chi connectivity index (χ4v) is 4.14. The summed E-state index contributed by atoms with van der Waals surface area (Å²) < 4.78 is 0. The summed E-state index contributed by atoms with van der Waals surface area (Å²) in [6.07, 6.45) is 0.586. The largest absolute Gasteiger partial charge is 0.371 e. The summed E-state index contributed by atoms with van der Waals surface area (Å²) in [7, 11) is 0. The molecule has 0 bridgehead atoms. The smallest absolute Gasteiger partial charge is 0.255 e. The zero-order valence-corrected chi connectivity index (χ0v) is 14.3. The van der Waals surface area contributed by atoms with Crippen molar-refractivity contribution in [2.24, 2.45) is 0 Å². The summed E-state index contributed by atoms with van der Waals surface area (Å²) in [6, 6.07) is 16.8. The van der Waals surface area contributed by atoms with E-state index >= 15 is 0 Å². The standard InChI is InChI=1S/C21H20N2O3/c1-2-12-23-19(25)16-10-6-7-11-17(16)21(23)13-18(24)22(20(21)26)14-15-8-4-3-5-9-15/h2-11,20,26H,1,12-14H2/t20-,21-/m1/s1. The molecule has 2 aromatic carbocycles. The summed E-state index contributed by atoms with van der Waals surface area (Å²) in [4.78, 5) is 28.8. The Morgan fingerprint density at radius 3 is 2.54 bits per heavy atom. The first-order valence-corrected chi connectivity index (χ1v) is 8.63. The number of aliphatic hydroxyl groups excluding tert-OH is 1. The minimum Gasteiger partial charge on any atom is -0.371 e. The third-order valence-electron chi connectivity index (χ3n) is 5.32. The van der Waals surface area contributed by atoms with E-state index in [-0.39, 0.29) is 24.8 Å². The number of carbonyl (C=O) groups is 2. The van der Waals surface area contributed by atoms with Crippen LogP contribution in [0.25, 0.3) is 0 Å². The van der Waals surface area contributed by atoms with Gasteiger partial charge in [0.2, 0.25) is 5.91 Å². The molecule has 1 saturated heterocycles. The Morgan fingerprint density at radius 1 is 1.12 bits per heavy atom. The van der Waals surface area contributed by atoms with Gasteiger partial charge >= 0.3 is 0 Å². The summed E-state index contributed by atoms with van der Waals surface area (Å²) in [5.41, 5.74) is 1.13. The van der Waals surface area contributed by atoms with Crippen molar-refractivity contribution in [3.63, 3.8) is 0 Å². The number of hydrogen-bond acceptors (Lipinski definition) is 3. The number of nitrogens with zero attached hydrogens (tertiary/aromatic N) is 2. The topological polar surface area (TPSA) is 60.9 Å². The number of rotatable bonds is 4. The Kier molecular flexibility index (Phi) is 3.89. The monoisotopic (exact) mass is 348 g/mol. The highest BCUT2D eigenvalue weighted by Gasteiger charge is 2.61. The molecule has 5 nitrogen and oxygen atoms in total. The molecule has 2 aromatic rings. The van der Waals surface area contributed by atoms with Gasteiger partial charge < -0.3 is 14.9 Å². The molecular weight excluding hydrogens is 328 g/mol. The van der Waals surface area contributed by atoms with Crippen LogP contribution in [0.15, 0.2) is 67.3 Å². The van der Waals surface area contributed by atoms with Crippen LogP contribution in [0.3, 0.4) is 0 Å². The molecule has 4 rings (SSSR count). The fraction of sp³-hybridized carbons (Fsp3) is 0.238. The van der Waals surface area contributed by atoms with Gasteiger partial charge in [0.15, 0.2) is 6.23 Å². The van der Waals surface area contributed by atoms with Gasteiger partial charge in [0.25, 0.3) is 5.91 Å². The van der Waals surface area contributed by atoms with Gasteiger partial charge in [-0.05, 0) is 17.2 Å². The van der Waals surface area contributed by atoms with Crippen molar-refractivity contribution in [3.05, 3.63) is 83.9 Å². The maximum absolute atomic E-state index is 12.9. The van der Waals surface area contributed by atoms with Gasteiger partial charge in [-0.3, -0.25) is 9.59 Å². The first kappa shape index (κ1) is 16.5. The van der Waals surface area contributed by atoms with Crippen molar-refractivity contribution >= 4 is 11.8 Å². The van der Waals surface area contributed by atoms with Gasteiger partial charge in [-0.2, -0.15) is 0 Å². The summed E-state index contributed by atoms with van der Waals surface area (Å²) in [5, 5.41) is 11.2. The van der Waals surface area contributed by atoms with Crippen LogP contribution in [0.5, 0.6) is 0 Å². The molecule has 2 aliphatic heterocycles. The average Bonchev–Trinajstić information content (AvgIpc) is 3.05. The third kappa shape index (κ3) is 2.21. The molecule has 1 spiro atoms. The highest BCUT2D eigenvalue weighted by atomic mass is 16.3. The van der Waals surface area contributed by atoms with Crippen LogP contribution in [-0.4, -0.2) is 39.5 Å². The second-order valence-electron chi connectivity index (χ2n) is 6.73. The van der Waals surface area contributed by atoms with E-state index in [1.54, 1.807) is 23.1 Å². The lowest BCUT2D eigenvalue weighted by molar-refractivity contribution is -0.135.